The van der Waals surface area contributed by atoms with E-state index in [1.54, 1.807) is 0 Å². The summed E-state index contributed by atoms with van der Waals surface area (Å²) >= 11 is 0. The minimum atomic E-state index is -5.17. The number of hydrogen-bond donors (Lipinski definition) is 0. The fourth-order valence-electron chi connectivity index (χ4n) is 0. The van der Waals surface area contributed by atoms with Crippen molar-refractivity contribution in [2.45, 2.75) is 13.8 Å². The summed E-state index contributed by atoms with van der Waals surface area (Å²) < 4.78 is 34.1. The molecule has 6 heteroatoms. The van der Waals surface area contributed by atoms with E-state index in [0.717, 1.165) is 0 Å². The van der Waals surface area contributed by atoms with Crippen LogP contribution in [0.3, 0.4) is 0 Å². The van der Waals surface area contributed by atoms with Crippen molar-refractivity contribution in [1.82, 2.24) is 0 Å². The molecule has 0 aliphatic rings. The van der Waals surface area contributed by atoms with Crippen molar-refractivity contribution in [3.63, 3.8) is 0 Å². The van der Waals surface area contributed by atoms with Crippen molar-refractivity contribution < 1.29 is 34.6 Å². The molecule has 0 saturated heterocycles. The summed E-state index contributed by atoms with van der Waals surface area (Å²) in [6, 6.07) is 0. The van der Waals surface area contributed by atoms with E-state index in [9.17, 15) is 0 Å². The van der Waals surface area contributed by atoms with Crippen LogP contribution in [0.25, 0.3) is 0 Å². The normalized spacial score (nSPS) is 8.00. The van der Waals surface area contributed by atoms with Crippen LogP contribution in [-0.2, 0) is 27.5 Å². The van der Waals surface area contributed by atoms with Crippen LogP contribution in [-0.4, -0.2) is 17.5 Å². The van der Waals surface area contributed by atoms with Crippen LogP contribution in [0.2, 0.25) is 0 Å². The first kappa shape index (κ1) is 15.8. The standard InChI is InChI=1S/C2H6.Fe.H2O4S/c1-2;;1-5(2,3)4/h1-2H3;;(H2,1,2,3,4)/q;+2;/p-2. The van der Waals surface area contributed by atoms with E-state index in [4.69, 9.17) is 17.5 Å². The smallest absolute Gasteiger partial charge is 0.759 e. The predicted molar refractivity (Wildman–Crippen MR) is 21.8 cm³/mol. The summed E-state index contributed by atoms with van der Waals surface area (Å²) in [6.07, 6.45) is 0. The molecule has 0 aliphatic heterocycles. The van der Waals surface area contributed by atoms with Gasteiger partial charge in [-0.1, -0.05) is 13.8 Å². The summed E-state index contributed by atoms with van der Waals surface area (Å²) in [6.45, 7) is 4.00. The molecule has 8 heavy (non-hydrogen) atoms. The van der Waals surface area contributed by atoms with Gasteiger partial charge in [-0.2, -0.15) is 0 Å². The molecule has 0 fully saturated rings. The summed E-state index contributed by atoms with van der Waals surface area (Å²) in [5, 5.41) is 0. The van der Waals surface area contributed by atoms with Crippen molar-refractivity contribution in [3.05, 3.63) is 0 Å². The zero-order valence-corrected chi connectivity index (χ0v) is 6.32. The van der Waals surface area contributed by atoms with Gasteiger partial charge in [0.1, 0.15) is 0 Å². The molecular formula is C2H6FeO4S. The maximum absolute atomic E-state index is 8.52. The van der Waals surface area contributed by atoms with Crippen LogP contribution in [0.5, 0.6) is 0 Å². The molecular weight excluding hydrogens is 176 g/mol. The van der Waals surface area contributed by atoms with Crippen LogP contribution in [0, 0.1) is 0 Å². The van der Waals surface area contributed by atoms with E-state index < -0.39 is 10.4 Å². The molecule has 0 unspecified atom stereocenters. The molecule has 0 radical (unpaired) electrons. The second kappa shape index (κ2) is 7.39. The Morgan fingerprint density at radius 3 is 1.12 bits per heavy atom. The maximum Gasteiger partial charge on any atom is 2.00 e. The van der Waals surface area contributed by atoms with E-state index in [1.807, 2.05) is 13.8 Å². The fourth-order valence-corrected chi connectivity index (χ4v) is 0. The average molecular weight is 182 g/mol. The second-order valence-corrected chi connectivity index (χ2v) is 1.22. The zero-order valence-electron chi connectivity index (χ0n) is 4.39. The molecule has 0 aromatic carbocycles. The zero-order chi connectivity index (χ0) is 6.50. The molecule has 4 nitrogen and oxygen atoms in total. The quantitative estimate of drug-likeness (QED) is 0.292. The fraction of sp³-hybridized carbons (Fsp3) is 1.00. The number of hydrogen-bond acceptors (Lipinski definition) is 4. The molecule has 0 bridgehead atoms. The first-order valence-electron chi connectivity index (χ1n) is 1.67. The topological polar surface area (TPSA) is 80.3 Å². The first-order valence-corrected chi connectivity index (χ1v) is 3.00. The minimum Gasteiger partial charge on any atom is -0.759 e. The molecule has 0 N–H and O–H groups in total. The minimum absolute atomic E-state index is 0. The molecule has 0 aromatic heterocycles. The van der Waals surface area contributed by atoms with Crippen LogP contribution in [0.4, 0.5) is 0 Å². The van der Waals surface area contributed by atoms with Gasteiger partial charge in [-0.05, 0) is 0 Å². The second-order valence-electron chi connectivity index (χ2n) is 0.408. The first-order chi connectivity index (χ1) is 3.00. The van der Waals surface area contributed by atoms with Crippen molar-refractivity contribution in [3.8, 4) is 0 Å². The van der Waals surface area contributed by atoms with Crippen LogP contribution < -0.4 is 0 Å². The van der Waals surface area contributed by atoms with Gasteiger partial charge in [0.15, 0.2) is 0 Å². The van der Waals surface area contributed by atoms with E-state index >= 15 is 0 Å². The predicted octanol–water partition coefficient (Wildman–Crippen LogP) is -0.314. The van der Waals surface area contributed by atoms with Gasteiger partial charge in [-0.25, -0.2) is 0 Å². The van der Waals surface area contributed by atoms with Gasteiger partial charge in [0, 0.05) is 10.4 Å². The Labute approximate surface area is 59.3 Å². The summed E-state index contributed by atoms with van der Waals surface area (Å²) in [4.78, 5) is 0. The molecule has 0 aromatic rings. The monoisotopic (exact) mass is 182 g/mol. The van der Waals surface area contributed by atoms with E-state index in [-0.39, 0.29) is 17.1 Å². The Bertz CT molecular complexity index is 97.2. The molecule has 0 spiro atoms. The molecule has 0 amide bonds. The van der Waals surface area contributed by atoms with Crippen molar-refractivity contribution in [2.24, 2.45) is 0 Å². The third kappa shape index (κ3) is 1220. The van der Waals surface area contributed by atoms with Gasteiger partial charge in [0.2, 0.25) is 0 Å². The summed E-state index contributed by atoms with van der Waals surface area (Å²) in [5.41, 5.74) is 0. The van der Waals surface area contributed by atoms with Crippen molar-refractivity contribution in [1.29, 1.82) is 0 Å². The molecule has 0 atom stereocenters. The molecule has 0 rings (SSSR count). The van der Waals surface area contributed by atoms with Crippen molar-refractivity contribution >= 4 is 10.4 Å². The van der Waals surface area contributed by atoms with Gasteiger partial charge >= 0.3 is 17.1 Å². The molecule has 52 valence electrons. The number of rotatable bonds is 0. The van der Waals surface area contributed by atoms with E-state index in [0.29, 0.717) is 0 Å². The Morgan fingerprint density at radius 2 is 1.12 bits per heavy atom. The Kier molecular flexibility index (Phi) is 14.6. The Balaban J connectivity index is -0.0000000750. The Hall–Kier alpha value is 0.389. The van der Waals surface area contributed by atoms with Gasteiger partial charge in [0.25, 0.3) is 0 Å². The van der Waals surface area contributed by atoms with Crippen LogP contribution in [0.15, 0.2) is 0 Å². The van der Waals surface area contributed by atoms with Crippen LogP contribution in [0.1, 0.15) is 13.8 Å². The van der Waals surface area contributed by atoms with Gasteiger partial charge in [-0.3, -0.25) is 8.42 Å². The summed E-state index contributed by atoms with van der Waals surface area (Å²) in [7, 11) is -5.17. The largest absolute Gasteiger partial charge is 2.00 e. The molecule has 0 heterocycles. The summed E-state index contributed by atoms with van der Waals surface area (Å²) in [5.74, 6) is 0. The van der Waals surface area contributed by atoms with Gasteiger partial charge in [0.05, 0.1) is 0 Å². The third-order valence-electron chi connectivity index (χ3n) is 0. The van der Waals surface area contributed by atoms with E-state index in [1.165, 1.54) is 0 Å². The average Bonchev–Trinajstić information content (AvgIpc) is 1.36. The molecule has 0 aliphatic carbocycles. The van der Waals surface area contributed by atoms with Crippen LogP contribution >= 0.6 is 0 Å². The SMILES string of the molecule is CC.O=S(=O)([O-])[O-].[Fe+2]. The third-order valence-corrected chi connectivity index (χ3v) is 0. The maximum atomic E-state index is 8.52. The van der Waals surface area contributed by atoms with Gasteiger partial charge in [-0.15, -0.1) is 0 Å². The van der Waals surface area contributed by atoms with E-state index in [2.05, 4.69) is 0 Å². The Morgan fingerprint density at radius 1 is 1.12 bits per heavy atom. The van der Waals surface area contributed by atoms with Gasteiger partial charge < -0.3 is 9.11 Å². The van der Waals surface area contributed by atoms with Crippen molar-refractivity contribution in [2.75, 3.05) is 0 Å². The molecule has 0 saturated carbocycles.